The molecule has 2 fully saturated rings. The average molecular weight is 836 g/mol. The Morgan fingerprint density at radius 2 is 1.89 bits per heavy atom. The molecule has 0 bridgehead atoms. The number of imide groups is 1. The molecule has 18 nitrogen and oxygen atoms in total. The molecule has 7 heterocycles. The lowest BCUT2D eigenvalue weighted by atomic mass is 9.97. The minimum Gasteiger partial charge on any atom is -0.385 e. The molecule has 1 saturated carbocycles. The number of aromatic nitrogens is 8. The van der Waals surface area contributed by atoms with Gasteiger partial charge in [-0.25, -0.2) is 19.6 Å². The van der Waals surface area contributed by atoms with E-state index >= 15 is 0 Å². The third-order valence-corrected chi connectivity index (χ3v) is 12.0. The summed E-state index contributed by atoms with van der Waals surface area (Å²) >= 11 is 0. The number of aromatic amines is 1. The third kappa shape index (κ3) is 6.99. The lowest BCUT2D eigenvalue weighted by Crippen LogP contribution is -2.52. The Kier molecular flexibility index (Phi) is 9.56. The highest BCUT2D eigenvalue weighted by Gasteiger charge is 2.40. The fraction of sp³-hybridized carbons (Fsp3) is 0.341. The molecule has 5 N–H and O–H groups in total. The van der Waals surface area contributed by atoms with Gasteiger partial charge in [0.25, 0.3) is 11.8 Å². The summed E-state index contributed by atoms with van der Waals surface area (Å²) in [6.07, 6.45) is 6.88. The van der Waals surface area contributed by atoms with E-state index in [1.165, 1.54) is 0 Å². The number of carbonyl (C=O) groups is 4. The van der Waals surface area contributed by atoms with Crippen molar-refractivity contribution in [1.82, 2.24) is 49.7 Å². The molecule has 1 aliphatic carbocycles. The zero-order chi connectivity index (χ0) is 42.8. The maximum Gasteiger partial charge on any atom is 0.294 e. The molecule has 10 rings (SSSR count). The van der Waals surface area contributed by atoms with Gasteiger partial charge in [0.15, 0.2) is 5.82 Å². The quantitative estimate of drug-likeness (QED) is 0.0643. The van der Waals surface area contributed by atoms with Gasteiger partial charge in [0.05, 0.1) is 23.1 Å². The molecule has 0 spiro atoms. The molecule has 0 radical (unpaired) electrons. The molecule has 1 saturated heterocycles. The monoisotopic (exact) mass is 835 g/mol. The Bertz CT molecular complexity index is 2950. The van der Waals surface area contributed by atoms with Crippen molar-refractivity contribution in [2.24, 2.45) is 0 Å². The lowest BCUT2D eigenvalue weighted by molar-refractivity contribution is -0.136. The Hall–Kier alpha value is -7.37. The first-order valence-electron chi connectivity index (χ1n) is 21.0. The van der Waals surface area contributed by atoms with Crippen LogP contribution in [0.5, 0.6) is 0 Å². The van der Waals surface area contributed by atoms with Crippen LogP contribution < -0.4 is 21.3 Å². The number of nitrogens with zero attached hydrogens (tertiary/aromatic N) is 8. The van der Waals surface area contributed by atoms with Crippen LogP contribution in [0.15, 0.2) is 53.4 Å². The number of H-pyrrole nitrogens is 1. The van der Waals surface area contributed by atoms with Crippen LogP contribution in [0.3, 0.4) is 0 Å². The van der Waals surface area contributed by atoms with E-state index in [0.29, 0.717) is 61.2 Å². The lowest BCUT2D eigenvalue weighted by Gasteiger charge is -2.29. The van der Waals surface area contributed by atoms with Gasteiger partial charge in [-0.05, 0) is 88.8 Å². The van der Waals surface area contributed by atoms with Gasteiger partial charge in [0, 0.05) is 84.1 Å². The van der Waals surface area contributed by atoms with Crippen LogP contribution in [0.25, 0.3) is 33.1 Å². The number of hydrogen-bond acceptors (Lipinski definition) is 12. The van der Waals surface area contributed by atoms with Gasteiger partial charge in [0.2, 0.25) is 17.6 Å². The molecule has 1 atom stereocenters. The van der Waals surface area contributed by atoms with E-state index in [2.05, 4.69) is 61.5 Å². The summed E-state index contributed by atoms with van der Waals surface area (Å²) in [5.74, 6) is 1.28. The predicted molar refractivity (Wildman–Crippen MR) is 230 cm³/mol. The van der Waals surface area contributed by atoms with Crippen molar-refractivity contribution in [2.45, 2.75) is 91.4 Å². The topological polar surface area (TPSA) is 223 Å². The van der Waals surface area contributed by atoms with E-state index in [1.54, 1.807) is 23.5 Å². The van der Waals surface area contributed by atoms with Crippen LogP contribution in [0, 0.1) is 20.8 Å². The summed E-state index contributed by atoms with van der Waals surface area (Å²) in [6, 6.07) is 11.1. The zero-order valence-electron chi connectivity index (χ0n) is 34.8. The second kappa shape index (κ2) is 15.3. The van der Waals surface area contributed by atoms with Crippen LogP contribution in [0.2, 0.25) is 0 Å². The Morgan fingerprint density at radius 3 is 2.66 bits per heavy atom. The van der Waals surface area contributed by atoms with Gasteiger partial charge in [-0.15, -0.1) is 0 Å². The largest absolute Gasteiger partial charge is 0.385 e. The Labute approximate surface area is 354 Å². The summed E-state index contributed by atoms with van der Waals surface area (Å²) < 4.78 is 9.31. The molecule has 62 heavy (non-hydrogen) atoms. The van der Waals surface area contributed by atoms with Crippen molar-refractivity contribution in [3.63, 3.8) is 0 Å². The first-order chi connectivity index (χ1) is 30.0. The van der Waals surface area contributed by atoms with E-state index in [9.17, 15) is 19.2 Å². The van der Waals surface area contributed by atoms with Crippen molar-refractivity contribution in [3.05, 3.63) is 88.6 Å². The molecule has 2 aliphatic heterocycles. The normalized spacial score (nSPS) is 16.4. The zero-order valence-corrected chi connectivity index (χ0v) is 34.8. The highest BCUT2D eigenvalue weighted by atomic mass is 16.5. The Morgan fingerprint density at radius 1 is 1.03 bits per heavy atom. The van der Waals surface area contributed by atoms with Crippen LogP contribution in [0.4, 0.5) is 23.1 Å². The number of aryl methyl sites for hydroxylation is 5. The van der Waals surface area contributed by atoms with E-state index in [4.69, 9.17) is 19.6 Å². The standard InChI is InChI=1S/C44H45N13O5/c1-5-57-35(18-31(53-57)25-10-11-25)49-40-38-28-16-22(2)27(37-23(3)54-62-24(37)4)17-32(28)47-39(38)51-41(52-40)43(60)48-34-20-55(21-46-34)15-7-14-45-30-9-6-8-26-29(30)19-56(44(26)61)33-12-13-36(58)50-42(33)59/h6,8-9,16-18,20-21,25,33,45H,5,7,10-15,19H2,1-4H3,(H,48,60)(H,50,58,59)(H2,47,49,51,52). The number of piperidine rings is 1. The molecule has 2 aromatic carbocycles. The maximum atomic E-state index is 13.9. The Balaban J connectivity index is 0.857. The van der Waals surface area contributed by atoms with E-state index in [0.717, 1.165) is 80.0 Å². The number of carbonyl (C=O) groups excluding carboxylic acids is 4. The van der Waals surface area contributed by atoms with Crippen molar-refractivity contribution in [3.8, 4) is 11.1 Å². The van der Waals surface area contributed by atoms with Crippen molar-refractivity contribution < 1.29 is 23.7 Å². The minimum atomic E-state index is -0.673. The number of fused-ring (bicyclic) bond motifs is 4. The molecule has 3 aliphatic rings. The fourth-order valence-corrected chi connectivity index (χ4v) is 8.71. The molecule has 316 valence electrons. The van der Waals surface area contributed by atoms with Crippen molar-refractivity contribution >= 4 is 68.7 Å². The van der Waals surface area contributed by atoms with Crippen LogP contribution in [0.1, 0.15) is 94.2 Å². The fourth-order valence-electron chi connectivity index (χ4n) is 8.71. The second-order valence-electron chi connectivity index (χ2n) is 16.3. The van der Waals surface area contributed by atoms with E-state index in [-0.39, 0.29) is 30.6 Å². The molecule has 7 aromatic rings. The number of amides is 4. The summed E-state index contributed by atoms with van der Waals surface area (Å²) in [5, 5.41) is 22.9. The third-order valence-electron chi connectivity index (χ3n) is 12.0. The van der Waals surface area contributed by atoms with Crippen molar-refractivity contribution in [2.75, 3.05) is 22.5 Å². The summed E-state index contributed by atoms with van der Waals surface area (Å²) in [5.41, 5.74) is 8.34. The van der Waals surface area contributed by atoms with Gasteiger partial charge in [-0.3, -0.25) is 24.5 Å². The van der Waals surface area contributed by atoms with Gasteiger partial charge in [-0.1, -0.05) is 11.2 Å². The van der Waals surface area contributed by atoms with E-state index in [1.807, 2.05) is 42.2 Å². The van der Waals surface area contributed by atoms with Gasteiger partial charge >= 0.3 is 0 Å². The molecule has 18 heteroatoms. The number of anilines is 4. The van der Waals surface area contributed by atoms with Crippen molar-refractivity contribution in [1.29, 1.82) is 0 Å². The number of imidazole rings is 1. The first-order valence-corrected chi connectivity index (χ1v) is 21.0. The van der Waals surface area contributed by atoms with Gasteiger partial charge in [-0.2, -0.15) is 5.10 Å². The summed E-state index contributed by atoms with van der Waals surface area (Å²) in [6.45, 7) is 10.1. The highest BCUT2D eigenvalue weighted by molar-refractivity contribution is 6.14. The molecular formula is C44H45N13O5. The average Bonchev–Trinajstić information content (AvgIpc) is 3.49. The summed E-state index contributed by atoms with van der Waals surface area (Å²) in [4.78, 5) is 70.4. The maximum absolute atomic E-state index is 13.9. The molecule has 5 aromatic heterocycles. The van der Waals surface area contributed by atoms with Crippen LogP contribution in [-0.4, -0.2) is 80.6 Å². The number of nitrogens with one attached hydrogen (secondary N) is 5. The van der Waals surface area contributed by atoms with Crippen LogP contribution in [-0.2, 0) is 29.2 Å². The predicted octanol–water partition coefficient (Wildman–Crippen LogP) is 6.24. The molecular weight excluding hydrogens is 791 g/mol. The van der Waals surface area contributed by atoms with E-state index < -0.39 is 17.9 Å². The number of hydrogen-bond donors (Lipinski definition) is 5. The van der Waals surface area contributed by atoms with Gasteiger partial charge < -0.3 is 34.9 Å². The number of benzene rings is 2. The second-order valence-corrected chi connectivity index (χ2v) is 16.3. The first kappa shape index (κ1) is 38.8. The minimum absolute atomic E-state index is 0.0389. The highest BCUT2D eigenvalue weighted by Crippen LogP contribution is 2.42. The number of rotatable bonds is 13. The van der Waals surface area contributed by atoms with Crippen LogP contribution >= 0.6 is 0 Å². The summed E-state index contributed by atoms with van der Waals surface area (Å²) in [7, 11) is 0. The molecule has 1 unspecified atom stereocenters. The smallest absolute Gasteiger partial charge is 0.294 e. The SMILES string of the molecule is CCn1nc(C2CC2)cc1Nc1nc(C(=O)Nc2cn(CCCNc3cccc4c3CN(C3CCC(=O)NC3=O)C4=O)cn2)nc2[nH]c3cc(-c4c(C)noc4C)c(C)cc3c12. The van der Waals surface area contributed by atoms with Gasteiger partial charge in [0.1, 0.15) is 29.1 Å². The molecule has 4 amide bonds.